The van der Waals surface area contributed by atoms with Crippen LogP contribution in [0.2, 0.25) is 0 Å². The molecule has 0 fully saturated rings. The second kappa shape index (κ2) is 10.2. The summed E-state index contributed by atoms with van der Waals surface area (Å²) in [6.45, 7) is 2.59. The fourth-order valence-corrected chi connectivity index (χ4v) is 2.93. The Morgan fingerprint density at radius 1 is 0.903 bits per heavy atom. The number of ketones is 1. The van der Waals surface area contributed by atoms with E-state index in [0.717, 1.165) is 11.1 Å². The van der Waals surface area contributed by atoms with E-state index in [1.807, 2.05) is 48.5 Å². The lowest BCUT2D eigenvalue weighted by Gasteiger charge is -2.15. The highest BCUT2D eigenvalue weighted by Crippen LogP contribution is 2.29. The van der Waals surface area contributed by atoms with Gasteiger partial charge in [0.15, 0.2) is 18.5 Å². The molecular formula is C25H23NO5. The monoisotopic (exact) mass is 417 g/mol. The first-order valence-electron chi connectivity index (χ1n) is 9.82. The number of hydrogen-bond donors (Lipinski definition) is 1. The van der Waals surface area contributed by atoms with Crippen LogP contribution in [0.3, 0.4) is 0 Å². The smallest absolute Gasteiger partial charge is 0.344 e. The maximum Gasteiger partial charge on any atom is 0.344 e. The number of esters is 1. The molecule has 0 aliphatic carbocycles. The molecule has 0 unspecified atom stereocenters. The fraction of sp³-hybridized carbons (Fsp3) is 0.160. The standard InChI is InChI=1S/C25H23NO5/c1-17(27)20-11-8-12-21(15-20)26-25(29)18(2)31-24(28)16-30-23-14-7-6-13-22(23)19-9-4-3-5-10-19/h3-15,18H,16H2,1-2H3,(H,26,29)/t18-/m1/s1. The van der Waals surface area contributed by atoms with E-state index in [2.05, 4.69) is 5.32 Å². The number of carbonyl (C=O) groups is 3. The van der Waals surface area contributed by atoms with Gasteiger partial charge in [0.25, 0.3) is 5.91 Å². The Balaban J connectivity index is 1.56. The van der Waals surface area contributed by atoms with E-state index >= 15 is 0 Å². The lowest BCUT2D eigenvalue weighted by molar-refractivity contribution is -0.155. The molecule has 1 N–H and O–H groups in total. The SMILES string of the molecule is CC(=O)c1cccc(NC(=O)[C@@H](C)OC(=O)COc2ccccc2-c2ccccc2)c1. The molecule has 0 radical (unpaired) electrons. The van der Waals surface area contributed by atoms with E-state index in [4.69, 9.17) is 9.47 Å². The number of Topliss-reactive ketones (excluding diaryl/α,β-unsaturated/α-hetero) is 1. The van der Waals surface area contributed by atoms with Crippen LogP contribution in [0.5, 0.6) is 5.75 Å². The number of rotatable bonds is 8. The summed E-state index contributed by atoms with van der Waals surface area (Å²) >= 11 is 0. The average Bonchev–Trinajstić information content (AvgIpc) is 2.78. The number of carbonyl (C=O) groups excluding carboxylic acids is 3. The maximum absolute atomic E-state index is 12.3. The summed E-state index contributed by atoms with van der Waals surface area (Å²) in [5.41, 5.74) is 2.75. The van der Waals surface area contributed by atoms with Gasteiger partial charge in [-0.1, -0.05) is 60.7 Å². The Kier molecular flexibility index (Phi) is 7.17. The normalized spacial score (nSPS) is 11.3. The highest BCUT2D eigenvalue weighted by molar-refractivity contribution is 5.98. The number of anilines is 1. The van der Waals surface area contributed by atoms with E-state index in [1.54, 1.807) is 30.3 Å². The van der Waals surface area contributed by atoms with E-state index < -0.39 is 18.0 Å². The molecule has 0 aliphatic heterocycles. The Labute approximate surface area is 180 Å². The van der Waals surface area contributed by atoms with Crippen LogP contribution in [0.25, 0.3) is 11.1 Å². The van der Waals surface area contributed by atoms with Gasteiger partial charge in [-0.2, -0.15) is 0 Å². The van der Waals surface area contributed by atoms with E-state index in [9.17, 15) is 14.4 Å². The van der Waals surface area contributed by atoms with Crippen LogP contribution in [-0.4, -0.2) is 30.4 Å². The summed E-state index contributed by atoms with van der Waals surface area (Å²) < 4.78 is 10.8. The third-order valence-electron chi connectivity index (χ3n) is 4.53. The van der Waals surface area contributed by atoms with Gasteiger partial charge in [-0.3, -0.25) is 9.59 Å². The summed E-state index contributed by atoms with van der Waals surface area (Å²) in [6, 6.07) is 23.6. The zero-order valence-corrected chi connectivity index (χ0v) is 17.3. The summed E-state index contributed by atoms with van der Waals surface area (Å²) in [7, 11) is 0. The Hall–Kier alpha value is -3.93. The Morgan fingerprint density at radius 2 is 1.61 bits per heavy atom. The minimum absolute atomic E-state index is 0.108. The van der Waals surface area contributed by atoms with Crippen molar-refractivity contribution in [1.29, 1.82) is 0 Å². The van der Waals surface area contributed by atoms with Crippen molar-refractivity contribution in [3.05, 3.63) is 84.4 Å². The first-order valence-corrected chi connectivity index (χ1v) is 9.82. The van der Waals surface area contributed by atoms with Gasteiger partial charge in [0, 0.05) is 16.8 Å². The number of para-hydroxylation sites is 1. The summed E-state index contributed by atoms with van der Waals surface area (Å²) in [6.07, 6.45) is -1.03. The minimum Gasteiger partial charge on any atom is -0.481 e. The van der Waals surface area contributed by atoms with Crippen LogP contribution in [0.1, 0.15) is 24.2 Å². The molecule has 6 heteroatoms. The predicted octanol–water partition coefficient (Wildman–Crippen LogP) is 4.51. The Bertz CT molecular complexity index is 1080. The van der Waals surface area contributed by atoms with Gasteiger partial charge in [0.2, 0.25) is 0 Å². The number of amides is 1. The highest BCUT2D eigenvalue weighted by Gasteiger charge is 2.19. The van der Waals surface area contributed by atoms with Crippen LogP contribution in [-0.2, 0) is 14.3 Å². The molecule has 0 bridgehead atoms. The van der Waals surface area contributed by atoms with Crippen LogP contribution >= 0.6 is 0 Å². The zero-order valence-electron chi connectivity index (χ0n) is 17.3. The minimum atomic E-state index is -1.03. The maximum atomic E-state index is 12.3. The lowest BCUT2D eigenvalue weighted by atomic mass is 10.1. The van der Waals surface area contributed by atoms with Gasteiger partial charge in [0.05, 0.1) is 0 Å². The molecule has 3 aromatic carbocycles. The van der Waals surface area contributed by atoms with Crippen molar-refractivity contribution in [3.8, 4) is 16.9 Å². The van der Waals surface area contributed by atoms with Gasteiger partial charge in [-0.05, 0) is 37.6 Å². The lowest BCUT2D eigenvalue weighted by Crippen LogP contribution is -2.31. The first kappa shape index (κ1) is 21.8. The summed E-state index contributed by atoms with van der Waals surface area (Å²) in [5.74, 6) is -0.728. The summed E-state index contributed by atoms with van der Waals surface area (Å²) in [5, 5.41) is 2.64. The van der Waals surface area contributed by atoms with Crippen molar-refractivity contribution in [2.45, 2.75) is 20.0 Å². The van der Waals surface area contributed by atoms with E-state index in [1.165, 1.54) is 13.8 Å². The third-order valence-corrected chi connectivity index (χ3v) is 4.53. The first-order chi connectivity index (χ1) is 14.9. The van der Waals surface area contributed by atoms with E-state index in [0.29, 0.717) is 17.0 Å². The number of nitrogens with one attached hydrogen (secondary N) is 1. The molecule has 0 heterocycles. The van der Waals surface area contributed by atoms with Crippen molar-refractivity contribution >= 4 is 23.3 Å². The largest absolute Gasteiger partial charge is 0.481 e. The van der Waals surface area contributed by atoms with Gasteiger partial charge >= 0.3 is 5.97 Å². The quantitative estimate of drug-likeness (QED) is 0.431. The molecular weight excluding hydrogens is 394 g/mol. The van der Waals surface area contributed by atoms with Crippen LogP contribution in [0, 0.1) is 0 Å². The number of benzene rings is 3. The van der Waals surface area contributed by atoms with E-state index in [-0.39, 0.29) is 12.4 Å². The number of hydrogen-bond acceptors (Lipinski definition) is 5. The molecule has 0 aromatic heterocycles. The van der Waals surface area contributed by atoms with Gasteiger partial charge in [-0.15, -0.1) is 0 Å². The van der Waals surface area contributed by atoms with Crippen LogP contribution in [0.4, 0.5) is 5.69 Å². The second-order valence-electron chi connectivity index (χ2n) is 6.91. The molecule has 3 aromatic rings. The van der Waals surface area contributed by atoms with Crippen molar-refractivity contribution in [3.63, 3.8) is 0 Å². The fourth-order valence-electron chi connectivity index (χ4n) is 2.93. The van der Waals surface area contributed by atoms with Crippen molar-refractivity contribution in [2.24, 2.45) is 0 Å². The van der Waals surface area contributed by atoms with Crippen molar-refractivity contribution in [1.82, 2.24) is 0 Å². The van der Waals surface area contributed by atoms with Crippen molar-refractivity contribution in [2.75, 3.05) is 11.9 Å². The molecule has 31 heavy (non-hydrogen) atoms. The van der Waals surface area contributed by atoms with Gasteiger partial charge in [0.1, 0.15) is 5.75 Å². The van der Waals surface area contributed by atoms with Crippen molar-refractivity contribution < 1.29 is 23.9 Å². The molecule has 1 amide bonds. The summed E-state index contributed by atoms with van der Waals surface area (Å²) in [4.78, 5) is 36.0. The molecule has 3 rings (SSSR count). The van der Waals surface area contributed by atoms with Gasteiger partial charge < -0.3 is 14.8 Å². The molecule has 0 saturated heterocycles. The molecule has 0 saturated carbocycles. The average molecular weight is 417 g/mol. The van der Waals surface area contributed by atoms with Crippen LogP contribution in [0.15, 0.2) is 78.9 Å². The molecule has 1 atom stereocenters. The Morgan fingerprint density at radius 3 is 2.35 bits per heavy atom. The molecule has 0 aliphatic rings. The van der Waals surface area contributed by atoms with Crippen LogP contribution < -0.4 is 10.1 Å². The molecule has 6 nitrogen and oxygen atoms in total. The molecule has 158 valence electrons. The number of ether oxygens (including phenoxy) is 2. The molecule has 0 spiro atoms. The second-order valence-corrected chi connectivity index (χ2v) is 6.91. The predicted molar refractivity (Wildman–Crippen MR) is 118 cm³/mol. The highest BCUT2D eigenvalue weighted by atomic mass is 16.6. The van der Waals surface area contributed by atoms with Gasteiger partial charge in [-0.25, -0.2) is 4.79 Å². The topological polar surface area (TPSA) is 81.7 Å². The third kappa shape index (κ3) is 6.02. The zero-order chi connectivity index (χ0) is 22.2.